The number of amides is 1. The fraction of sp³-hybridized carbons (Fsp3) is 0.286. The highest BCUT2D eigenvalue weighted by atomic mass is 16.5. The Kier molecular flexibility index (Phi) is 6.20. The highest BCUT2D eigenvalue weighted by Crippen LogP contribution is 2.20. The minimum Gasteiger partial charge on any atom is -0.497 e. The first-order chi connectivity index (χ1) is 13.2. The van der Waals surface area contributed by atoms with Crippen LogP contribution in [0.5, 0.6) is 5.75 Å². The smallest absolute Gasteiger partial charge is 0.226 e. The molecule has 0 N–H and O–H groups in total. The van der Waals surface area contributed by atoms with Crippen LogP contribution in [0.4, 0.5) is 0 Å². The van der Waals surface area contributed by atoms with Crippen molar-refractivity contribution in [3.63, 3.8) is 0 Å². The molecule has 27 heavy (non-hydrogen) atoms. The molecule has 2 aromatic carbocycles. The van der Waals surface area contributed by atoms with Gasteiger partial charge in [0.2, 0.25) is 17.6 Å². The normalized spacial score (nSPS) is 10.6. The Morgan fingerprint density at radius 3 is 2.56 bits per heavy atom. The molecule has 6 heteroatoms. The van der Waals surface area contributed by atoms with Gasteiger partial charge in [-0.05, 0) is 36.2 Å². The first-order valence-corrected chi connectivity index (χ1v) is 8.90. The van der Waals surface area contributed by atoms with E-state index >= 15 is 0 Å². The molecule has 0 aliphatic rings. The molecule has 0 saturated carbocycles. The van der Waals surface area contributed by atoms with Crippen molar-refractivity contribution in [3.8, 4) is 17.1 Å². The van der Waals surface area contributed by atoms with E-state index in [1.54, 1.807) is 12.0 Å². The van der Waals surface area contributed by atoms with Crippen molar-refractivity contribution in [1.29, 1.82) is 0 Å². The SMILES string of the molecule is COc1ccc(-c2noc(CCCC(=O)N(C)Cc3ccccc3)n2)cc1. The van der Waals surface area contributed by atoms with E-state index in [1.165, 1.54) is 0 Å². The van der Waals surface area contributed by atoms with Crippen molar-refractivity contribution in [2.24, 2.45) is 0 Å². The molecule has 0 radical (unpaired) electrons. The summed E-state index contributed by atoms with van der Waals surface area (Å²) in [4.78, 5) is 18.4. The Labute approximate surface area is 158 Å². The van der Waals surface area contributed by atoms with E-state index in [0.29, 0.717) is 37.5 Å². The van der Waals surface area contributed by atoms with Crippen LogP contribution >= 0.6 is 0 Å². The fourth-order valence-electron chi connectivity index (χ4n) is 2.74. The third-order valence-corrected chi connectivity index (χ3v) is 4.29. The molecular formula is C21H23N3O3. The molecule has 0 aliphatic heterocycles. The van der Waals surface area contributed by atoms with Crippen LogP contribution in [0.25, 0.3) is 11.4 Å². The molecule has 1 aromatic heterocycles. The van der Waals surface area contributed by atoms with Gasteiger partial charge in [-0.25, -0.2) is 0 Å². The highest BCUT2D eigenvalue weighted by molar-refractivity contribution is 5.75. The van der Waals surface area contributed by atoms with Crippen LogP contribution in [0.3, 0.4) is 0 Å². The van der Waals surface area contributed by atoms with E-state index < -0.39 is 0 Å². The summed E-state index contributed by atoms with van der Waals surface area (Å²) < 4.78 is 10.4. The molecule has 140 valence electrons. The number of aryl methyl sites for hydroxylation is 1. The summed E-state index contributed by atoms with van der Waals surface area (Å²) in [6.45, 7) is 0.613. The number of methoxy groups -OCH3 is 1. The molecule has 0 atom stereocenters. The Balaban J connectivity index is 1.47. The van der Waals surface area contributed by atoms with Crippen LogP contribution in [-0.2, 0) is 17.8 Å². The molecular weight excluding hydrogens is 342 g/mol. The second-order valence-corrected chi connectivity index (χ2v) is 6.33. The fourth-order valence-corrected chi connectivity index (χ4v) is 2.74. The topological polar surface area (TPSA) is 68.5 Å². The summed E-state index contributed by atoms with van der Waals surface area (Å²) in [5.41, 5.74) is 1.99. The summed E-state index contributed by atoms with van der Waals surface area (Å²) >= 11 is 0. The average molecular weight is 365 g/mol. The Bertz CT molecular complexity index is 860. The molecule has 0 aliphatic carbocycles. The second kappa shape index (κ2) is 8.98. The van der Waals surface area contributed by atoms with Crippen LogP contribution in [0.1, 0.15) is 24.3 Å². The number of rotatable bonds is 8. The van der Waals surface area contributed by atoms with Gasteiger partial charge in [0.25, 0.3) is 0 Å². The summed E-state index contributed by atoms with van der Waals surface area (Å²) in [7, 11) is 3.45. The summed E-state index contributed by atoms with van der Waals surface area (Å²) in [6.07, 6.45) is 1.69. The number of carbonyl (C=O) groups is 1. The van der Waals surface area contributed by atoms with Crippen LogP contribution in [0.15, 0.2) is 59.1 Å². The Morgan fingerprint density at radius 2 is 1.85 bits per heavy atom. The van der Waals surface area contributed by atoms with Gasteiger partial charge in [0.05, 0.1) is 7.11 Å². The maximum absolute atomic E-state index is 12.3. The van der Waals surface area contributed by atoms with Gasteiger partial charge in [0, 0.05) is 32.0 Å². The lowest BCUT2D eigenvalue weighted by Gasteiger charge is -2.17. The zero-order valence-corrected chi connectivity index (χ0v) is 15.6. The lowest BCUT2D eigenvalue weighted by Crippen LogP contribution is -2.25. The molecule has 0 spiro atoms. The van der Waals surface area contributed by atoms with Gasteiger partial charge in [-0.1, -0.05) is 35.5 Å². The average Bonchev–Trinajstić information content (AvgIpc) is 3.17. The number of ether oxygens (including phenoxy) is 1. The summed E-state index contributed by atoms with van der Waals surface area (Å²) in [5.74, 6) is 1.97. The van der Waals surface area contributed by atoms with Crippen molar-refractivity contribution < 1.29 is 14.1 Å². The Hall–Kier alpha value is -3.15. The van der Waals surface area contributed by atoms with Gasteiger partial charge in [-0.15, -0.1) is 0 Å². The largest absolute Gasteiger partial charge is 0.497 e. The first kappa shape index (κ1) is 18.6. The first-order valence-electron chi connectivity index (χ1n) is 8.90. The minimum atomic E-state index is 0.105. The van der Waals surface area contributed by atoms with E-state index in [9.17, 15) is 4.79 Å². The lowest BCUT2D eigenvalue weighted by atomic mass is 10.2. The maximum atomic E-state index is 12.3. The summed E-state index contributed by atoms with van der Waals surface area (Å²) in [5, 5.41) is 4.01. The van der Waals surface area contributed by atoms with Gasteiger partial charge in [0.15, 0.2) is 0 Å². The molecule has 0 fully saturated rings. The van der Waals surface area contributed by atoms with Gasteiger partial charge in [-0.3, -0.25) is 4.79 Å². The third kappa shape index (κ3) is 5.17. The van der Waals surface area contributed by atoms with Gasteiger partial charge >= 0.3 is 0 Å². The zero-order valence-electron chi connectivity index (χ0n) is 15.6. The van der Waals surface area contributed by atoms with Crippen LogP contribution in [0.2, 0.25) is 0 Å². The summed E-state index contributed by atoms with van der Waals surface area (Å²) in [6, 6.07) is 17.4. The molecule has 1 heterocycles. The number of nitrogens with zero attached hydrogens (tertiary/aromatic N) is 3. The number of benzene rings is 2. The van der Waals surface area contributed by atoms with Crippen molar-refractivity contribution in [2.45, 2.75) is 25.8 Å². The quantitative estimate of drug-likeness (QED) is 0.608. The lowest BCUT2D eigenvalue weighted by molar-refractivity contribution is -0.130. The van der Waals surface area contributed by atoms with Crippen molar-refractivity contribution in [3.05, 3.63) is 66.1 Å². The van der Waals surface area contributed by atoms with Crippen LogP contribution < -0.4 is 4.74 Å². The van der Waals surface area contributed by atoms with Gasteiger partial charge in [0.1, 0.15) is 5.75 Å². The number of aromatic nitrogens is 2. The molecule has 0 bridgehead atoms. The van der Waals surface area contributed by atoms with E-state index in [0.717, 1.165) is 16.9 Å². The maximum Gasteiger partial charge on any atom is 0.226 e. The molecule has 1 amide bonds. The number of carbonyl (C=O) groups excluding carboxylic acids is 1. The molecule has 3 rings (SSSR count). The minimum absolute atomic E-state index is 0.105. The molecule has 0 saturated heterocycles. The van der Waals surface area contributed by atoms with E-state index in [2.05, 4.69) is 10.1 Å². The zero-order chi connectivity index (χ0) is 19.1. The second-order valence-electron chi connectivity index (χ2n) is 6.33. The standard InChI is InChI=1S/C21H23N3O3/c1-24(15-16-7-4-3-5-8-16)20(25)10-6-9-19-22-21(23-27-19)17-11-13-18(26-2)14-12-17/h3-5,7-8,11-14H,6,9-10,15H2,1-2H3. The third-order valence-electron chi connectivity index (χ3n) is 4.29. The van der Waals surface area contributed by atoms with Crippen LogP contribution in [0, 0.1) is 0 Å². The van der Waals surface area contributed by atoms with E-state index in [-0.39, 0.29) is 5.91 Å². The molecule has 6 nitrogen and oxygen atoms in total. The van der Waals surface area contributed by atoms with E-state index in [4.69, 9.17) is 9.26 Å². The van der Waals surface area contributed by atoms with Crippen LogP contribution in [-0.4, -0.2) is 35.1 Å². The number of hydrogen-bond donors (Lipinski definition) is 0. The monoisotopic (exact) mass is 365 g/mol. The predicted octanol–water partition coefficient (Wildman–Crippen LogP) is 3.73. The van der Waals surface area contributed by atoms with Gasteiger partial charge in [-0.2, -0.15) is 4.98 Å². The highest BCUT2D eigenvalue weighted by Gasteiger charge is 2.12. The van der Waals surface area contributed by atoms with Crippen molar-refractivity contribution in [2.75, 3.05) is 14.2 Å². The molecule has 0 unspecified atom stereocenters. The molecule has 3 aromatic rings. The van der Waals surface area contributed by atoms with Crippen molar-refractivity contribution >= 4 is 5.91 Å². The van der Waals surface area contributed by atoms with Gasteiger partial charge < -0.3 is 14.2 Å². The van der Waals surface area contributed by atoms with E-state index in [1.807, 2.05) is 61.6 Å². The predicted molar refractivity (Wildman–Crippen MR) is 102 cm³/mol. The number of hydrogen-bond acceptors (Lipinski definition) is 5. The Morgan fingerprint density at radius 1 is 1.11 bits per heavy atom. The van der Waals surface area contributed by atoms with Crippen molar-refractivity contribution in [1.82, 2.24) is 15.0 Å².